The zero-order valence-corrected chi connectivity index (χ0v) is 13.2. The highest BCUT2D eigenvalue weighted by Gasteiger charge is 2.48. The van der Waals surface area contributed by atoms with Crippen LogP contribution in [0.25, 0.3) is 5.57 Å². The third-order valence-corrected chi connectivity index (χ3v) is 5.27. The lowest BCUT2D eigenvalue weighted by Gasteiger charge is -2.50. The number of ether oxygens (including phenoxy) is 1. The number of fused-ring (bicyclic) bond motifs is 1. The minimum Gasteiger partial charge on any atom is -0.378 e. The van der Waals surface area contributed by atoms with Crippen LogP contribution in [0.1, 0.15) is 37.0 Å². The molecule has 3 aliphatic carbocycles. The highest BCUT2D eigenvalue weighted by molar-refractivity contribution is 5.78. The molecule has 4 rings (SSSR count). The molecular weight excluding hydrogens is 244 g/mol. The van der Waals surface area contributed by atoms with Crippen LogP contribution >= 0.6 is 0 Å². The van der Waals surface area contributed by atoms with E-state index in [4.69, 9.17) is 4.74 Å². The Morgan fingerprint density at radius 1 is 1.15 bits per heavy atom. The number of aryl methyl sites for hydroxylation is 2. The largest absolute Gasteiger partial charge is 0.378 e. The van der Waals surface area contributed by atoms with Gasteiger partial charge in [-0.2, -0.15) is 0 Å². The van der Waals surface area contributed by atoms with Crippen LogP contribution in [0.4, 0.5) is 0 Å². The first kappa shape index (κ1) is 13.6. The molecule has 2 bridgehead atoms. The van der Waals surface area contributed by atoms with Gasteiger partial charge in [-0.25, -0.2) is 0 Å². The SMILES string of the molecule is CO[C@]1(C)C[C@@]2(C)C=C[C@@H]1C=C2c1c(C)cccc1C. The summed E-state index contributed by atoms with van der Waals surface area (Å²) in [5.74, 6) is 0.378. The molecule has 0 amide bonds. The second kappa shape index (κ2) is 4.33. The van der Waals surface area contributed by atoms with Crippen LogP contribution in [0.15, 0.2) is 36.4 Å². The molecule has 20 heavy (non-hydrogen) atoms. The van der Waals surface area contributed by atoms with Crippen LogP contribution in [-0.2, 0) is 4.74 Å². The van der Waals surface area contributed by atoms with Gasteiger partial charge in [-0.05, 0) is 49.5 Å². The summed E-state index contributed by atoms with van der Waals surface area (Å²) < 4.78 is 5.83. The Hall–Kier alpha value is -1.34. The van der Waals surface area contributed by atoms with Crippen molar-refractivity contribution < 1.29 is 4.74 Å². The normalized spacial score (nSPS) is 35.2. The van der Waals surface area contributed by atoms with Crippen molar-refractivity contribution in [3.8, 4) is 0 Å². The van der Waals surface area contributed by atoms with Crippen LogP contribution in [0.3, 0.4) is 0 Å². The quantitative estimate of drug-likeness (QED) is 0.707. The number of hydrogen-bond acceptors (Lipinski definition) is 1. The van der Waals surface area contributed by atoms with E-state index in [0.717, 1.165) is 6.42 Å². The number of allylic oxidation sites excluding steroid dienone is 2. The fraction of sp³-hybridized carbons (Fsp3) is 0.474. The molecule has 0 aliphatic heterocycles. The Bertz CT molecular complexity index is 590. The molecule has 0 aromatic heterocycles. The van der Waals surface area contributed by atoms with E-state index in [1.54, 1.807) is 0 Å². The summed E-state index contributed by atoms with van der Waals surface area (Å²) >= 11 is 0. The van der Waals surface area contributed by atoms with E-state index in [9.17, 15) is 0 Å². The molecule has 0 heterocycles. The van der Waals surface area contributed by atoms with Gasteiger partial charge in [0.25, 0.3) is 0 Å². The Labute approximate surface area is 122 Å². The summed E-state index contributed by atoms with van der Waals surface area (Å²) in [7, 11) is 1.84. The van der Waals surface area contributed by atoms with Gasteiger partial charge in [0.05, 0.1) is 5.60 Å². The van der Waals surface area contributed by atoms with E-state index in [2.05, 4.69) is 64.1 Å². The molecule has 0 saturated carbocycles. The van der Waals surface area contributed by atoms with Gasteiger partial charge in [0.1, 0.15) is 0 Å². The molecule has 1 heteroatoms. The molecule has 3 aliphatic rings. The van der Waals surface area contributed by atoms with Crippen molar-refractivity contribution in [2.24, 2.45) is 11.3 Å². The first-order valence-corrected chi connectivity index (χ1v) is 7.43. The van der Waals surface area contributed by atoms with E-state index in [0.29, 0.717) is 5.92 Å². The van der Waals surface area contributed by atoms with Crippen LogP contribution in [-0.4, -0.2) is 12.7 Å². The van der Waals surface area contributed by atoms with Gasteiger partial charge >= 0.3 is 0 Å². The lowest BCUT2D eigenvalue weighted by atomic mass is 9.58. The van der Waals surface area contributed by atoms with Crippen LogP contribution in [0.5, 0.6) is 0 Å². The van der Waals surface area contributed by atoms with Crippen LogP contribution < -0.4 is 0 Å². The van der Waals surface area contributed by atoms with E-state index >= 15 is 0 Å². The Balaban J connectivity index is 2.16. The van der Waals surface area contributed by atoms with Crippen LogP contribution in [0, 0.1) is 25.2 Å². The minimum atomic E-state index is -0.0659. The standard InChI is InChI=1S/C19H24O/c1-13-7-6-8-14(2)17(13)16-11-15-9-10-18(16,3)12-19(15,4)20-5/h6-11,15H,12H2,1-5H3/t15-,18-,19-/m1/s1. The lowest BCUT2D eigenvalue weighted by Crippen LogP contribution is -2.47. The van der Waals surface area contributed by atoms with E-state index in [1.165, 1.54) is 22.3 Å². The van der Waals surface area contributed by atoms with Gasteiger partial charge in [-0.3, -0.25) is 0 Å². The number of benzene rings is 1. The topological polar surface area (TPSA) is 9.23 Å². The molecule has 0 N–H and O–H groups in total. The predicted molar refractivity (Wildman–Crippen MR) is 84.7 cm³/mol. The first-order valence-electron chi connectivity index (χ1n) is 7.43. The van der Waals surface area contributed by atoms with Gasteiger partial charge in [0.15, 0.2) is 0 Å². The van der Waals surface area contributed by atoms with E-state index in [1.807, 2.05) is 7.11 Å². The maximum absolute atomic E-state index is 5.83. The van der Waals surface area contributed by atoms with Gasteiger partial charge in [-0.1, -0.05) is 43.4 Å². The zero-order chi connectivity index (χ0) is 14.5. The second-order valence-corrected chi connectivity index (χ2v) is 6.84. The molecule has 0 unspecified atom stereocenters. The molecule has 1 nitrogen and oxygen atoms in total. The molecule has 106 valence electrons. The van der Waals surface area contributed by atoms with Crippen molar-refractivity contribution >= 4 is 5.57 Å². The molecule has 0 fully saturated rings. The van der Waals surface area contributed by atoms with Crippen molar-refractivity contribution in [1.82, 2.24) is 0 Å². The molecule has 1 aromatic carbocycles. The Morgan fingerprint density at radius 2 is 1.80 bits per heavy atom. The maximum Gasteiger partial charge on any atom is 0.0759 e. The van der Waals surface area contributed by atoms with Crippen molar-refractivity contribution in [3.05, 3.63) is 53.1 Å². The van der Waals surface area contributed by atoms with Gasteiger partial charge in [-0.15, -0.1) is 0 Å². The fourth-order valence-corrected chi connectivity index (χ4v) is 4.03. The smallest absolute Gasteiger partial charge is 0.0759 e. The van der Waals surface area contributed by atoms with E-state index in [-0.39, 0.29) is 11.0 Å². The number of rotatable bonds is 2. The summed E-state index contributed by atoms with van der Waals surface area (Å²) in [6.45, 7) is 9.01. The lowest BCUT2D eigenvalue weighted by molar-refractivity contribution is -0.0461. The fourth-order valence-electron chi connectivity index (χ4n) is 4.03. The molecule has 0 spiro atoms. The predicted octanol–water partition coefficient (Wildman–Crippen LogP) is 4.69. The summed E-state index contributed by atoms with van der Waals surface area (Å²) in [4.78, 5) is 0. The first-order chi connectivity index (χ1) is 9.39. The Kier molecular flexibility index (Phi) is 2.95. The molecular formula is C19H24O. The van der Waals surface area contributed by atoms with Crippen molar-refractivity contribution in [2.45, 2.75) is 39.7 Å². The van der Waals surface area contributed by atoms with Gasteiger partial charge in [0, 0.05) is 18.4 Å². The van der Waals surface area contributed by atoms with Gasteiger partial charge in [0.2, 0.25) is 0 Å². The second-order valence-electron chi connectivity index (χ2n) is 6.84. The van der Waals surface area contributed by atoms with E-state index < -0.39 is 0 Å². The maximum atomic E-state index is 5.83. The summed E-state index contributed by atoms with van der Waals surface area (Å²) in [6.07, 6.45) is 8.20. The molecule has 0 saturated heterocycles. The molecule has 3 atom stereocenters. The average Bonchev–Trinajstić information content (AvgIpc) is 2.39. The van der Waals surface area contributed by atoms with Crippen molar-refractivity contribution in [3.63, 3.8) is 0 Å². The Morgan fingerprint density at radius 3 is 2.35 bits per heavy atom. The van der Waals surface area contributed by atoms with Crippen molar-refractivity contribution in [2.75, 3.05) is 7.11 Å². The highest BCUT2D eigenvalue weighted by atomic mass is 16.5. The van der Waals surface area contributed by atoms with Gasteiger partial charge < -0.3 is 4.74 Å². The zero-order valence-electron chi connectivity index (χ0n) is 13.2. The summed E-state index contributed by atoms with van der Waals surface area (Å²) in [6, 6.07) is 6.58. The summed E-state index contributed by atoms with van der Waals surface area (Å²) in [5, 5.41) is 0. The average molecular weight is 268 g/mol. The number of hydrogen-bond donors (Lipinski definition) is 0. The monoisotopic (exact) mass is 268 g/mol. The number of methoxy groups -OCH3 is 1. The van der Waals surface area contributed by atoms with Crippen molar-refractivity contribution in [1.29, 1.82) is 0 Å². The molecule has 0 radical (unpaired) electrons. The van der Waals surface area contributed by atoms with Crippen LogP contribution in [0.2, 0.25) is 0 Å². The molecule has 1 aromatic rings. The highest BCUT2D eigenvalue weighted by Crippen LogP contribution is 2.55. The minimum absolute atomic E-state index is 0.0659. The third-order valence-electron chi connectivity index (χ3n) is 5.27. The summed E-state index contributed by atoms with van der Waals surface area (Å²) in [5.41, 5.74) is 5.67. The third kappa shape index (κ3) is 1.80.